The number of nitrogens with zero attached hydrogens (tertiary/aromatic N) is 3. The van der Waals surface area contributed by atoms with E-state index in [0.29, 0.717) is 40.6 Å². The van der Waals surface area contributed by atoms with Gasteiger partial charge in [-0.3, -0.25) is 4.79 Å². The van der Waals surface area contributed by atoms with Crippen LogP contribution in [0.1, 0.15) is 23.6 Å². The maximum absolute atomic E-state index is 13.5. The molecule has 3 aromatic rings. The quantitative estimate of drug-likeness (QED) is 0.537. The molecule has 0 bridgehead atoms. The van der Waals surface area contributed by atoms with E-state index in [2.05, 4.69) is 10.4 Å². The van der Waals surface area contributed by atoms with E-state index in [1.807, 2.05) is 12.1 Å². The molecule has 0 unspecified atom stereocenters. The molecule has 3 aromatic carbocycles. The van der Waals surface area contributed by atoms with Crippen molar-refractivity contribution in [3.05, 3.63) is 83.7 Å². The minimum absolute atomic E-state index is 0.134. The first-order chi connectivity index (χ1) is 17.9. The number of anilines is 1. The first kappa shape index (κ1) is 24.1. The Morgan fingerprint density at radius 3 is 2.65 bits per heavy atom. The molecule has 0 saturated carbocycles. The molecule has 10 heteroatoms. The Kier molecular flexibility index (Phi) is 6.63. The Morgan fingerprint density at radius 1 is 1.11 bits per heavy atom. The maximum Gasteiger partial charge on any atom is 0.322 e. The Bertz CT molecular complexity index is 1360. The molecule has 1 N–H and O–H groups in total. The zero-order chi connectivity index (χ0) is 25.9. The lowest BCUT2D eigenvalue weighted by Crippen LogP contribution is -2.41. The fraction of sp³-hybridized carbons (Fsp3) is 0.222. The van der Waals surface area contributed by atoms with Gasteiger partial charge in [-0.05, 0) is 47.5 Å². The van der Waals surface area contributed by atoms with Crippen molar-refractivity contribution in [2.45, 2.75) is 12.5 Å². The second-order valence-electron chi connectivity index (χ2n) is 8.61. The van der Waals surface area contributed by atoms with Crippen LogP contribution < -0.4 is 19.5 Å². The molecule has 3 amide bonds. The number of benzene rings is 3. The van der Waals surface area contributed by atoms with Crippen molar-refractivity contribution in [1.29, 1.82) is 0 Å². The lowest BCUT2D eigenvalue weighted by atomic mass is 9.98. The summed E-state index contributed by atoms with van der Waals surface area (Å²) in [7, 11) is 3.04. The smallest absolute Gasteiger partial charge is 0.322 e. The van der Waals surface area contributed by atoms with Crippen molar-refractivity contribution in [3.8, 4) is 17.2 Å². The summed E-state index contributed by atoms with van der Waals surface area (Å²) >= 11 is 0. The second kappa shape index (κ2) is 10.2. The number of hydrogen-bond donors (Lipinski definition) is 1. The van der Waals surface area contributed by atoms with Crippen LogP contribution >= 0.6 is 0 Å². The van der Waals surface area contributed by atoms with E-state index in [-0.39, 0.29) is 25.1 Å². The predicted molar refractivity (Wildman–Crippen MR) is 134 cm³/mol. The molecule has 0 aromatic heterocycles. The first-order valence-electron chi connectivity index (χ1n) is 11.6. The number of rotatable bonds is 6. The summed E-state index contributed by atoms with van der Waals surface area (Å²) in [5.41, 5.74) is 2.65. The van der Waals surface area contributed by atoms with Crippen molar-refractivity contribution < 1.29 is 28.2 Å². The molecule has 9 nitrogen and oxygen atoms in total. The van der Waals surface area contributed by atoms with E-state index >= 15 is 0 Å². The van der Waals surface area contributed by atoms with Gasteiger partial charge >= 0.3 is 6.03 Å². The van der Waals surface area contributed by atoms with Crippen LogP contribution in [-0.4, -0.2) is 55.1 Å². The topological polar surface area (TPSA) is 92.7 Å². The molecule has 1 atom stereocenters. The molecular weight excluding hydrogens is 479 g/mol. The lowest BCUT2D eigenvalue weighted by molar-refractivity contribution is -0.133. The highest BCUT2D eigenvalue weighted by Crippen LogP contribution is 2.39. The highest BCUT2D eigenvalue weighted by molar-refractivity contribution is 6.03. The van der Waals surface area contributed by atoms with E-state index < -0.39 is 12.1 Å². The average Bonchev–Trinajstić information content (AvgIpc) is 3.56. The lowest BCUT2D eigenvalue weighted by Gasteiger charge is -2.25. The number of hydrazone groups is 1. The van der Waals surface area contributed by atoms with E-state index in [1.54, 1.807) is 42.5 Å². The van der Waals surface area contributed by atoms with Crippen LogP contribution in [0.2, 0.25) is 0 Å². The Morgan fingerprint density at radius 2 is 1.86 bits per heavy atom. The zero-order valence-electron chi connectivity index (χ0n) is 20.3. The Balaban J connectivity index is 1.37. The maximum atomic E-state index is 13.5. The monoisotopic (exact) mass is 504 g/mol. The van der Waals surface area contributed by atoms with Gasteiger partial charge in [0.25, 0.3) is 5.91 Å². The number of hydrogen-bond acceptors (Lipinski definition) is 6. The van der Waals surface area contributed by atoms with E-state index in [9.17, 15) is 14.0 Å². The minimum atomic E-state index is -0.473. The SMILES string of the molecule is COc1ccccc1NC(=O)N(C)CC(=O)N1N=C(c2ccc(F)cc2)C[C@@H]1c1ccc2c(c1)OCO2. The van der Waals surface area contributed by atoms with Crippen molar-refractivity contribution in [3.63, 3.8) is 0 Å². The number of nitrogens with one attached hydrogen (secondary N) is 1. The molecule has 2 aliphatic rings. The summed E-state index contributed by atoms with van der Waals surface area (Å²) in [5.74, 6) is 0.995. The van der Waals surface area contributed by atoms with Gasteiger partial charge in [-0.15, -0.1) is 0 Å². The van der Waals surface area contributed by atoms with Crippen LogP contribution in [0.5, 0.6) is 17.2 Å². The molecule has 0 radical (unpaired) electrons. The molecule has 190 valence electrons. The molecule has 0 fully saturated rings. The Hall–Kier alpha value is -4.60. The van der Waals surface area contributed by atoms with Gasteiger partial charge in [-0.25, -0.2) is 14.2 Å². The number of ether oxygens (including phenoxy) is 3. The second-order valence-corrected chi connectivity index (χ2v) is 8.61. The summed E-state index contributed by atoms with van der Waals surface area (Å²) in [6.07, 6.45) is 0.411. The van der Waals surface area contributed by atoms with Crippen molar-refractivity contribution >= 4 is 23.3 Å². The van der Waals surface area contributed by atoms with Crippen LogP contribution in [0.25, 0.3) is 0 Å². The summed E-state index contributed by atoms with van der Waals surface area (Å²) in [5, 5.41) is 8.73. The van der Waals surface area contributed by atoms with Gasteiger partial charge in [-0.2, -0.15) is 5.10 Å². The number of halogens is 1. The van der Waals surface area contributed by atoms with Crippen molar-refractivity contribution in [2.75, 3.05) is 32.8 Å². The van der Waals surface area contributed by atoms with Crippen molar-refractivity contribution in [1.82, 2.24) is 9.91 Å². The number of carbonyl (C=O) groups is 2. The fourth-order valence-electron chi connectivity index (χ4n) is 4.24. The zero-order valence-corrected chi connectivity index (χ0v) is 20.3. The minimum Gasteiger partial charge on any atom is -0.495 e. The van der Waals surface area contributed by atoms with Crippen LogP contribution in [0.15, 0.2) is 71.8 Å². The predicted octanol–water partition coefficient (Wildman–Crippen LogP) is 4.40. The van der Waals surface area contributed by atoms with E-state index in [0.717, 1.165) is 5.56 Å². The van der Waals surface area contributed by atoms with E-state index in [4.69, 9.17) is 14.2 Å². The van der Waals surface area contributed by atoms with Crippen molar-refractivity contribution in [2.24, 2.45) is 5.10 Å². The molecule has 0 aliphatic carbocycles. The van der Waals surface area contributed by atoms with Gasteiger partial charge in [0.2, 0.25) is 6.79 Å². The Labute approximate surface area is 213 Å². The molecule has 5 rings (SSSR count). The highest BCUT2D eigenvalue weighted by atomic mass is 19.1. The fourth-order valence-corrected chi connectivity index (χ4v) is 4.24. The number of urea groups is 1. The molecule has 37 heavy (non-hydrogen) atoms. The van der Waals surface area contributed by atoms with Crippen LogP contribution in [-0.2, 0) is 4.79 Å². The molecule has 0 saturated heterocycles. The number of para-hydroxylation sites is 2. The molecule has 2 heterocycles. The molecule has 0 spiro atoms. The van der Waals surface area contributed by atoms with E-state index in [1.165, 1.54) is 36.2 Å². The first-order valence-corrected chi connectivity index (χ1v) is 11.6. The standard InChI is InChI=1S/C27H25FN4O5/c1-31(27(34)29-20-5-3-4-6-23(20)35-2)15-26(33)32-22(18-9-12-24-25(13-18)37-16-36-24)14-21(30-32)17-7-10-19(28)11-8-17/h3-13,22H,14-16H2,1-2H3,(H,29,34)/t22-/m1/s1. The van der Waals surface area contributed by atoms with Crippen LogP contribution in [0, 0.1) is 5.82 Å². The van der Waals surface area contributed by atoms with Gasteiger partial charge in [0.05, 0.1) is 24.6 Å². The number of fused-ring (bicyclic) bond motifs is 1. The third-order valence-electron chi connectivity index (χ3n) is 6.19. The summed E-state index contributed by atoms with van der Waals surface area (Å²) in [4.78, 5) is 27.5. The van der Waals surface area contributed by atoms with Gasteiger partial charge in [0.15, 0.2) is 11.5 Å². The molecule has 2 aliphatic heterocycles. The number of carbonyl (C=O) groups excluding carboxylic acids is 2. The van der Waals surface area contributed by atoms with Crippen LogP contribution in [0.3, 0.4) is 0 Å². The number of likely N-dealkylation sites (N-methyl/N-ethyl adjacent to an activating group) is 1. The normalized spacial score (nSPS) is 15.8. The van der Waals surface area contributed by atoms with Gasteiger partial charge in [0.1, 0.15) is 18.1 Å². The summed E-state index contributed by atoms with van der Waals surface area (Å²) in [6, 6.07) is 17.6. The third-order valence-corrected chi connectivity index (χ3v) is 6.19. The van der Waals surface area contributed by atoms with Gasteiger partial charge < -0.3 is 24.4 Å². The highest BCUT2D eigenvalue weighted by Gasteiger charge is 2.35. The third kappa shape index (κ3) is 5.04. The van der Waals surface area contributed by atoms with Gasteiger partial charge in [-0.1, -0.05) is 30.3 Å². The number of amides is 3. The van der Waals surface area contributed by atoms with Crippen LogP contribution in [0.4, 0.5) is 14.9 Å². The van der Waals surface area contributed by atoms with Gasteiger partial charge in [0, 0.05) is 13.5 Å². The molecular formula is C27H25FN4O5. The summed E-state index contributed by atoms with van der Waals surface area (Å²) in [6.45, 7) is -0.0855. The largest absolute Gasteiger partial charge is 0.495 e. The number of methoxy groups -OCH3 is 1. The average molecular weight is 505 g/mol. The summed E-state index contributed by atoms with van der Waals surface area (Å²) < 4.78 is 29.7.